The summed E-state index contributed by atoms with van der Waals surface area (Å²) in [4.78, 5) is 15.8. The molecule has 1 aromatic heterocycles. The number of anilines is 1. The molecule has 23 heavy (non-hydrogen) atoms. The van der Waals surface area contributed by atoms with E-state index in [0.29, 0.717) is 24.1 Å². The summed E-state index contributed by atoms with van der Waals surface area (Å²) in [6.07, 6.45) is 3.71. The van der Waals surface area contributed by atoms with Crippen LogP contribution in [0.3, 0.4) is 0 Å². The lowest BCUT2D eigenvalue weighted by Crippen LogP contribution is -2.19. The third-order valence-corrected chi connectivity index (χ3v) is 4.18. The Labute approximate surface area is 132 Å². The highest BCUT2D eigenvalue weighted by molar-refractivity contribution is 5.91. The number of esters is 1. The number of hydrogen-bond donors (Lipinski definition) is 1. The van der Waals surface area contributed by atoms with Crippen LogP contribution in [0.15, 0.2) is 24.4 Å². The molecule has 1 aromatic carbocycles. The predicted molar refractivity (Wildman–Crippen MR) is 83.0 cm³/mol. The summed E-state index contributed by atoms with van der Waals surface area (Å²) in [5.74, 6) is -1.61. The maximum absolute atomic E-state index is 13.8. The van der Waals surface area contributed by atoms with Crippen LogP contribution in [-0.2, 0) is 9.53 Å². The largest absolute Gasteiger partial charge is 0.466 e. The standard InChI is InChI=1S/C17H18F2N2O2/c1-2-23-17(22)10-3-4-12(7-10)21-15-5-6-20-16-13(15)8-11(18)9-14(16)19/h5-6,8-10,12H,2-4,7H2,1H3,(H,20,21). The van der Waals surface area contributed by atoms with Crippen molar-refractivity contribution in [2.24, 2.45) is 5.92 Å². The molecule has 2 atom stereocenters. The van der Waals surface area contributed by atoms with E-state index in [0.717, 1.165) is 18.9 Å². The Balaban J connectivity index is 1.79. The van der Waals surface area contributed by atoms with Crippen LogP contribution in [0, 0.1) is 17.6 Å². The van der Waals surface area contributed by atoms with Crippen LogP contribution in [0.1, 0.15) is 26.2 Å². The zero-order valence-electron chi connectivity index (χ0n) is 12.8. The smallest absolute Gasteiger partial charge is 0.308 e. The van der Waals surface area contributed by atoms with E-state index in [9.17, 15) is 13.6 Å². The number of benzene rings is 1. The van der Waals surface area contributed by atoms with Gasteiger partial charge in [0, 0.05) is 29.4 Å². The summed E-state index contributed by atoms with van der Waals surface area (Å²) >= 11 is 0. The highest BCUT2D eigenvalue weighted by Crippen LogP contribution is 2.32. The number of nitrogens with one attached hydrogen (secondary N) is 1. The molecule has 1 fully saturated rings. The van der Waals surface area contributed by atoms with Crippen molar-refractivity contribution < 1.29 is 18.3 Å². The molecule has 0 spiro atoms. The molecule has 4 nitrogen and oxygen atoms in total. The number of aromatic nitrogens is 1. The Morgan fingerprint density at radius 2 is 2.22 bits per heavy atom. The van der Waals surface area contributed by atoms with Gasteiger partial charge in [-0.1, -0.05) is 0 Å². The lowest BCUT2D eigenvalue weighted by atomic mass is 10.1. The SMILES string of the molecule is CCOC(=O)C1CCC(Nc2ccnc3c(F)cc(F)cc23)C1. The van der Waals surface area contributed by atoms with Crippen LogP contribution >= 0.6 is 0 Å². The number of nitrogens with zero attached hydrogens (tertiary/aromatic N) is 1. The lowest BCUT2D eigenvalue weighted by Gasteiger charge is -2.16. The van der Waals surface area contributed by atoms with Crippen LogP contribution in [-0.4, -0.2) is 23.6 Å². The molecule has 2 unspecified atom stereocenters. The zero-order valence-corrected chi connectivity index (χ0v) is 12.8. The van der Waals surface area contributed by atoms with Crippen molar-refractivity contribution in [3.8, 4) is 0 Å². The average Bonchev–Trinajstić information content (AvgIpc) is 2.97. The van der Waals surface area contributed by atoms with Gasteiger partial charge in [-0.2, -0.15) is 0 Å². The predicted octanol–water partition coefficient (Wildman–Crippen LogP) is 3.66. The number of carbonyl (C=O) groups is 1. The molecule has 1 aliphatic carbocycles. The summed E-state index contributed by atoms with van der Waals surface area (Å²) in [7, 11) is 0. The third-order valence-electron chi connectivity index (χ3n) is 4.18. The summed E-state index contributed by atoms with van der Waals surface area (Å²) in [6.45, 7) is 2.16. The number of carbonyl (C=O) groups excluding carboxylic acids is 1. The first-order valence-corrected chi connectivity index (χ1v) is 7.75. The molecular formula is C17H18F2N2O2. The normalized spacial score (nSPS) is 20.7. The molecule has 6 heteroatoms. The van der Waals surface area contributed by atoms with Gasteiger partial charge in [0.1, 0.15) is 11.3 Å². The Morgan fingerprint density at radius 1 is 1.39 bits per heavy atom. The van der Waals surface area contributed by atoms with E-state index in [-0.39, 0.29) is 23.4 Å². The highest BCUT2D eigenvalue weighted by atomic mass is 19.1. The minimum Gasteiger partial charge on any atom is -0.466 e. The first-order valence-electron chi connectivity index (χ1n) is 7.75. The van der Waals surface area contributed by atoms with E-state index in [4.69, 9.17) is 4.74 Å². The maximum atomic E-state index is 13.8. The number of ether oxygens (including phenoxy) is 1. The van der Waals surface area contributed by atoms with Crippen molar-refractivity contribution in [2.75, 3.05) is 11.9 Å². The van der Waals surface area contributed by atoms with Crippen molar-refractivity contribution in [3.05, 3.63) is 36.0 Å². The maximum Gasteiger partial charge on any atom is 0.308 e. The molecule has 1 heterocycles. The molecule has 1 N–H and O–H groups in total. The Hall–Kier alpha value is -2.24. The summed E-state index contributed by atoms with van der Waals surface area (Å²) < 4.78 is 32.3. The quantitative estimate of drug-likeness (QED) is 0.874. The van der Waals surface area contributed by atoms with Crippen molar-refractivity contribution in [1.29, 1.82) is 0 Å². The highest BCUT2D eigenvalue weighted by Gasteiger charge is 2.31. The second kappa shape index (κ2) is 6.48. The summed E-state index contributed by atoms with van der Waals surface area (Å²) in [5.41, 5.74) is 0.763. The number of rotatable bonds is 4. The minimum atomic E-state index is -0.681. The van der Waals surface area contributed by atoms with Gasteiger partial charge in [0.25, 0.3) is 0 Å². The molecule has 1 aliphatic rings. The Kier molecular flexibility index (Phi) is 4.41. The fourth-order valence-electron chi connectivity index (χ4n) is 3.11. The van der Waals surface area contributed by atoms with Crippen molar-refractivity contribution in [2.45, 2.75) is 32.2 Å². The van der Waals surface area contributed by atoms with E-state index in [2.05, 4.69) is 10.3 Å². The van der Waals surface area contributed by atoms with Gasteiger partial charge in [-0.3, -0.25) is 9.78 Å². The van der Waals surface area contributed by atoms with Gasteiger partial charge in [0.2, 0.25) is 0 Å². The Morgan fingerprint density at radius 3 is 3.00 bits per heavy atom. The van der Waals surface area contributed by atoms with E-state index >= 15 is 0 Å². The van der Waals surface area contributed by atoms with E-state index in [1.807, 2.05) is 0 Å². The van der Waals surface area contributed by atoms with Crippen molar-refractivity contribution in [3.63, 3.8) is 0 Å². The minimum absolute atomic E-state index is 0.0707. The van der Waals surface area contributed by atoms with E-state index in [1.165, 1.54) is 12.3 Å². The summed E-state index contributed by atoms with van der Waals surface area (Å²) in [6, 6.07) is 3.86. The number of halogens is 2. The van der Waals surface area contributed by atoms with Crippen LogP contribution < -0.4 is 5.32 Å². The van der Waals surface area contributed by atoms with Crippen molar-refractivity contribution in [1.82, 2.24) is 4.98 Å². The lowest BCUT2D eigenvalue weighted by molar-refractivity contribution is -0.147. The fraction of sp³-hybridized carbons (Fsp3) is 0.412. The number of hydrogen-bond acceptors (Lipinski definition) is 4. The van der Waals surface area contributed by atoms with Gasteiger partial charge in [0.05, 0.1) is 12.5 Å². The topological polar surface area (TPSA) is 51.2 Å². The Bertz CT molecular complexity index is 736. The fourth-order valence-corrected chi connectivity index (χ4v) is 3.11. The molecule has 0 saturated heterocycles. The van der Waals surface area contributed by atoms with E-state index < -0.39 is 11.6 Å². The second-order valence-electron chi connectivity index (χ2n) is 5.75. The van der Waals surface area contributed by atoms with Gasteiger partial charge >= 0.3 is 5.97 Å². The molecule has 2 aromatic rings. The number of fused-ring (bicyclic) bond motifs is 1. The second-order valence-corrected chi connectivity index (χ2v) is 5.75. The molecule has 122 valence electrons. The molecule has 0 bridgehead atoms. The molecule has 3 rings (SSSR count). The van der Waals surface area contributed by atoms with Crippen LogP contribution in [0.2, 0.25) is 0 Å². The van der Waals surface area contributed by atoms with Gasteiger partial charge in [0.15, 0.2) is 5.82 Å². The van der Waals surface area contributed by atoms with Crippen LogP contribution in [0.5, 0.6) is 0 Å². The van der Waals surface area contributed by atoms with Crippen molar-refractivity contribution >= 4 is 22.6 Å². The van der Waals surface area contributed by atoms with Gasteiger partial charge in [-0.25, -0.2) is 8.78 Å². The summed E-state index contributed by atoms with van der Waals surface area (Å²) in [5, 5.41) is 3.69. The van der Waals surface area contributed by atoms with E-state index in [1.54, 1.807) is 13.0 Å². The third kappa shape index (κ3) is 3.25. The molecule has 1 saturated carbocycles. The molecule has 0 amide bonds. The van der Waals surface area contributed by atoms with Gasteiger partial charge < -0.3 is 10.1 Å². The van der Waals surface area contributed by atoms with Crippen LogP contribution in [0.25, 0.3) is 10.9 Å². The van der Waals surface area contributed by atoms with Gasteiger partial charge in [-0.15, -0.1) is 0 Å². The van der Waals surface area contributed by atoms with Crippen LogP contribution in [0.4, 0.5) is 14.5 Å². The number of pyridine rings is 1. The first kappa shape index (κ1) is 15.6. The molecular weight excluding hydrogens is 302 g/mol. The molecule has 0 aliphatic heterocycles. The monoisotopic (exact) mass is 320 g/mol. The first-order chi connectivity index (χ1) is 11.1. The zero-order chi connectivity index (χ0) is 16.4. The molecule has 0 radical (unpaired) electrons. The average molecular weight is 320 g/mol. The van der Waals surface area contributed by atoms with Gasteiger partial charge in [-0.05, 0) is 38.3 Å².